The van der Waals surface area contributed by atoms with Gasteiger partial charge in [-0.05, 0) is 49.6 Å². The lowest BCUT2D eigenvalue weighted by Gasteiger charge is -2.29. The summed E-state index contributed by atoms with van der Waals surface area (Å²) in [6, 6.07) is 14.7. The number of amides is 1. The minimum atomic E-state index is -0.761. The van der Waals surface area contributed by atoms with Gasteiger partial charge in [0.05, 0.1) is 22.8 Å². The van der Waals surface area contributed by atoms with Gasteiger partial charge in [0.15, 0.2) is 11.5 Å². The molecule has 6 aromatic rings. The van der Waals surface area contributed by atoms with Crippen LogP contribution in [-0.4, -0.2) is 77.5 Å². The van der Waals surface area contributed by atoms with Crippen molar-refractivity contribution in [1.29, 1.82) is 0 Å². The van der Waals surface area contributed by atoms with Crippen molar-refractivity contribution in [3.8, 4) is 16.9 Å². The molecule has 0 aliphatic carbocycles. The first-order valence-corrected chi connectivity index (χ1v) is 15.2. The Labute approximate surface area is 262 Å². The van der Waals surface area contributed by atoms with Crippen LogP contribution in [0.3, 0.4) is 0 Å². The second-order valence-corrected chi connectivity index (χ2v) is 11.9. The second kappa shape index (κ2) is 10.9. The van der Waals surface area contributed by atoms with Gasteiger partial charge < -0.3 is 15.1 Å². The number of pyridine rings is 1. The molecule has 1 saturated heterocycles. The standard InChI is InChI=1S/C33H30F2N10O/c1-42-13-5-9-27-30-21(6-3-8-25(30)41-43(27)2)24-7-4-10-29(40-24)39-20-15-28(33(42)46)44(17-20)31-22-16-38-45(32(22)37-18-36-31)26-12-11-19(34)14-23(26)35/h3-4,6-8,10-12,14,16,18,20,28H,5,9,13,15,17H2,1-2H3,(H,39,40)/t20-,28-/m0/s1. The molecule has 2 aliphatic heterocycles. The fraction of sp³-hybridized carbons (Fsp3) is 0.273. The van der Waals surface area contributed by atoms with E-state index in [1.807, 2.05) is 54.0 Å². The smallest absolute Gasteiger partial charge is 0.245 e. The van der Waals surface area contributed by atoms with E-state index in [4.69, 9.17) is 10.1 Å². The largest absolute Gasteiger partial charge is 0.365 e. The number of likely N-dealkylation sites (N-methyl/N-ethyl adjacent to an activating group) is 1. The van der Waals surface area contributed by atoms with Crippen LogP contribution in [0.25, 0.3) is 38.9 Å². The Morgan fingerprint density at radius 1 is 1.02 bits per heavy atom. The SMILES string of the molecule is CN1CCCc2c3c(cccc3nn2C)-c2cccc(n2)N[C@H]2C[C@@H](C1=O)N(c1ncnc3c1cnn3-c1ccc(F)cc1F)C2. The molecule has 8 rings (SSSR count). The number of anilines is 2. The average molecular weight is 621 g/mol. The highest BCUT2D eigenvalue weighted by molar-refractivity contribution is 5.96. The number of nitrogens with zero attached hydrogens (tertiary/aromatic N) is 9. The Bertz CT molecular complexity index is 2140. The van der Waals surface area contributed by atoms with E-state index < -0.39 is 17.7 Å². The molecule has 1 fully saturated rings. The average Bonchev–Trinajstić information content (AvgIpc) is 3.75. The summed E-state index contributed by atoms with van der Waals surface area (Å²) < 4.78 is 31.6. The van der Waals surface area contributed by atoms with E-state index in [1.165, 1.54) is 23.1 Å². The van der Waals surface area contributed by atoms with Crippen molar-refractivity contribution in [2.45, 2.75) is 31.3 Å². The number of aryl methyl sites for hydroxylation is 2. The molecule has 2 aliphatic rings. The normalized spacial score (nSPS) is 18.6. The summed E-state index contributed by atoms with van der Waals surface area (Å²) in [6.07, 6.45) is 4.94. The summed E-state index contributed by atoms with van der Waals surface area (Å²) in [7, 11) is 3.79. The van der Waals surface area contributed by atoms with E-state index in [0.717, 1.165) is 46.8 Å². The maximum absolute atomic E-state index is 14.7. The number of halogens is 2. The van der Waals surface area contributed by atoms with Crippen LogP contribution in [0.5, 0.6) is 0 Å². The Morgan fingerprint density at radius 2 is 1.89 bits per heavy atom. The number of carbonyl (C=O) groups excluding carboxylic acids is 1. The van der Waals surface area contributed by atoms with Crippen LogP contribution in [0.2, 0.25) is 0 Å². The van der Waals surface area contributed by atoms with Gasteiger partial charge in [-0.2, -0.15) is 10.2 Å². The molecule has 0 radical (unpaired) electrons. The van der Waals surface area contributed by atoms with Crippen molar-refractivity contribution in [3.05, 3.63) is 84.4 Å². The van der Waals surface area contributed by atoms with Crippen molar-refractivity contribution in [3.63, 3.8) is 0 Å². The van der Waals surface area contributed by atoms with E-state index in [1.54, 1.807) is 11.1 Å². The Kier molecular flexibility index (Phi) is 6.62. The van der Waals surface area contributed by atoms with Crippen LogP contribution in [0, 0.1) is 11.6 Å². The Balaban J connectivity index is 1.20. The summed E-state index contributed by atoms with van der Waals surface area (Å²) in [5, 5.41) is 14.4. The molecule has 13 heteroatoms. The third kappa shape index (κ3) is 4.61. The molecule has 2 aromatic carbocycles. The summed E-state index contributed by atoms with van der Waals surface area (Å²) in [5.41, 5.74) is 4.30. The Morgan fingerprint density at radius 3 is 2.76 bits per heavy atom. The van der Waals surface area contributed by atoms with Crippen LogP contribution < -0.4 is 10.2 Å². The quantitative estimate of drug-likeness (QED) is 0.301. The molecule has 4 aromatic heterocycles. The minimum Gasteiger partial charge on any atom is -0.365 e. The molecule has 4 bridgehead atoms. The topological polar surface area (TPSA) is 110 Å². The number of nitrogens with one attached hydrogen (secondary N) is 1. The highest BCUT2D eigenvalue weighted by Gasteiger charge is 2.40. The van der Waals surface area contributed by atoms with Crippen LogP contribution in [0.4, 0.5) is 20.4 Å². The van der Waals surface area contributed by atoms with Gasteiger partial charge in [-0.1, -0.05) is 18.2 Å². The third-order valence-electron chi connectivity index (χ3n) is 8.98. The highest BCUT2D eigenvalue weighted by atomic mass is 19.1. The van der Waals surface area contributed by atoms with Crippen LogP contribution in [-0.2, 0) is 18.3 Å². The van der Waals surface area contributed by atoms with Gasteiger partial charge in [0.25, 0.3) is 0 Å². The number of benzene rings is 2. The summed E-state index contributed by atoms with van der Waals surface area (Å²) in [5.74, 6) is -0.252. The second-order valence-electron chi connectivity index (χ2n) is 11.9. The first kappa shape index (κ1) is 28.0. The van der Waals surface area contributed by atoms with E-state index in [2.05, 4.69) is 26.4 Å². The number of aromatic nitrogens is 7. The van der Waals surface area contributed by atoms with Gasteiger partial charge >= 0.3 is 0 Å². The predicted octanol–water partition coefficient (Wildman–Crippen LogP) is 4.51. The lowest BCUT2D eigenvalue weighted by molar-refractivity contribution is -0.131. The van der Waals surface area contributed by atoms with E-state index in [9.17, 15) is 13.6 Å². The number of hydrogen-bond donors (Lipinski definition) is 1. The van der Waals surface area contributed by atoms with Gasteiger partial charge in [0, 0.05) is 55.9 Å². The van der Waals surface area contributed by atoms with Gasteiger partial charge in [-0.3, -0.25) is 9.48 Å². The van der Waals surface area contributed by atoms with Gasteiger partial charge in [0.1, 0.15) is 35.5 Å². The van der Waals surface area contributed by atoms with Crippen molar-refractivity contribution < 1.29 is 13.6 Å². The fourth-order valence-electron chi connectivity index (χ4n) is 6.83. The predicted molar refractivity (Wildman–Crippen MR) is 170 cm³/mol. The molecule has 1 amide bonds. The number of rotatable bonds is 2. The maximum Gasteiger partial charge on any atom is 0.245 e. The molecule has 232 valence electrons. The molecule has 0 saturated carbocycles. The van der Waals surface area contributed by atoms with Gasteiger partial charge in [-0.25, -0.2) is 28.4 Å². The van der Waals surface area contributed by atoms with Crippen LogP contribution in [0.1, 0.15) is 18.5 Å². The van der Waals surface area contributed by atoms with Crippen LogP contribution in [0.15, 0.2) is 67.1 Å². The van der Waals surface area contributed by atoms with Crippen molar-refractivity contribution in [2.24, 2.45) is 7.05 Å². The van der Waals surface area contributed by atoms with Gasteiger partial charge in [-0.15, -0.1) is 0 Å². The molecule has 46 heavy (non-hydrogen) atoms. The number of fused-ring (bicyclic) bond motifs is 6. The zero-order valence-electron chi connectivity index (χ0n) is 25.2. The fourth-order valence-corrected chi connectivity index (χ4v) is 6.83. The summed E-state index contributed by atoms with van der Waals surface area (Å²) >= 11 is 0. The van der Waals surface area contributed by atoms with Crippen LogP contribution >= 0.6 is 0 Å². The van der Waals surface area contributed by atoms with E-state index in [0.29, 0.717) is 42.2 Å². The summed E-state index contributed by atoms with van der Waals surface area (Å²) in [4.78, 5) is 31.9. The minimum absolute atomic E-state index is 0.0276. The lowest BCUT2D eigenvalue weighted by atomic mass is 10.0. The molecule has 1 N–H and O–H groups in total. The first-order valence-electron chi connectivity index (χ1n) is 15.2. The summed E-state index contributed by atoms with van der Waals surface area (Å²) in [6.45, 7) is 1.02. The molecular formula is C33H30F2N10O. The highest BCUT2D eigenvalue weighted by Crippen LogP contribution is 2.35. The van der Waals surface area contributed by atoms with Gasteiger partial charge in [0.2, 0.25) is 5.91 Å². The molecule has 2 atom stereocenters. The first-order chi connectivity index (χ1) is 22.4. The number of carbonyl (C=O) groups is 1. The molecule has 6 heterocycles. The maximum atomic E-state index is 14.7. The van der Waals surface area contributed by atoms with Crippen molar-refractivity contribution in [1.82, 2.24) is 39.4 Å². The lowest BCUT2D eigenvalue weighted by Crippen LogP contribution is -2.45. The number of hydrogen-bond acceptors (Lipinski definition) is 8. The molecular weight excluding hydrogens is 590 g/mol. The molecule has 0 unspecified atom stereocenters. The Hall–Kier alpha value is -5.46. The van der Waals surface area contributed by atoms with Crippen molar-refractivity contribution >= 4 is 39.5 Å². The van der Waals surface area contributed by atoms with E-state index in [-0.39, 0.29) is 17.6 Å². The van der Waals surface area contributed by atoms with E-state index >= 15 is 0 Å². The molecule has 0 spiro atoms. The zero-order chi connectivity index (χ0) is 31.5. The zero-order valence-corrected chi connectivity index (χ0v) is 25.2. The molecule has 11 nitrogen and oxygen atoms in total. The van der Waals surface area contributed by atoms with Crippen molar-refractivity contribution in [2.75, 3.05) is 30.4 Å². The third-order valence-corrected chi connectivity index (χ3v) is 8.98. The monoisotopic (exact) mass is 620 g/mol.